The Morgan fingerprint density at radius 3 is 2.67 bits per heavy atom. The van der Waals surface area contributed by atoms with E-state index in [-0.39, 0.29) is 11.9 Å². The molecule has 0 heterocycles. The maximum absolute atomic E-state index is 12.9. The fourth-order valence-electron chi connectivity index (χ4n) is 4.44. The third-order valence-electron chi connectivity index (χ3n) is 5.95. The van der Waals surface area contributed by atoms with Crippen LogP contribution in [0.25, 0.3) is 0 Å². The van der Waals surface area contributed by atoms with Gasteiger partial charge in [-0.3, -0.25) is 4.79 Å². The Kier molecular flexibility index (Phi) is 5.47. The van der Waals surface area contributed by atoms with Crippen LogP contribution in [0.15, 0.2) is 42.5 Å². The highest BCUT2D eigenvalue weighted by atomic mass is 16.5. The van der Waals surface area contributed by atoms with Crippen molar-refractivity contribution in [1.82, 2.24) is 5.32 Å². The SMILES string of the molecule is CC[C@@H](Oc1ccc2c(c1)CCCC2)C(=O)N[C@@H]1CCCc2ccccc21. The number of aryl methyl sites for hydroxylation is 3. The summed E-state index contributed by atoms with van der Waals surface area (Å²) in [5, 5.41) is 3.24. The van der Waals surface area contributed by atoms with Crippen LogP contribution in [-0.2, 0) is 24.1 Å². The molecule has 0 aromatic heterocycles. The molecule has 2 atom stereocenters. The molecule has 0 fully saturated rings. The van der Waals surface area contributed by atoms with Gasteiger partial charge in [0.1, 0.15) is 5.75 Å². The molecule has 2 aliphatic carbocycles. The Balaban J connectivity index is 1.44. The Morgan fingerprint density at radius 1 is 1.04 bits per heavy atom. The molecule has 3 nitrogen and oxygen atoms in total. The fourth-order valence-corrected chi connectivity index (χ4v) is 4.44. The third-order valence-corrected chi connectivity index (χ3v) is 5.95. The summed E-state index contributed by atoms with van der Waals surface area (Å²) in [6, 6.07) is 14.9. The summed E-state index contributed by atoms with van der Waals surface area (Å²) in [7, 11) is 0. The zero-order chi connectivity index (χ0) is 18.6. The van der Waals surface area contributed by atoms with Crippen LogP contribution in [0.2, 0.25) is 0 Å². The maximum Gasteiger partial charge on any atom is 0.261 e. The smallest absolute Gasteiger partial charge is 0.261 e. The highest BCUT2D eigenvalue weighted by Gasteiger charge is 2.26. The van der Waals surface area contributed by atoms with E-state index in [4.69, 9.17) is 4.74 Å². The Bertz CT molecular complexity index is 814. The minimum Gasteiger partial charge on any atom is -0.481 e. The van der Waals surface area contributed by atoms with Crippen molar-refractivity contribution in [3.63, 3.8) is 0 Å². The lowest BCUT2D eigenvalue weighted by Crippen LogP contribution is -2.41. The molecule has 0 aliphatic heterocycles. The lowest BCUT2D eigenvalue weighted by Gasteiger charge is -2.28. The van der Waals surface area contributed by atoms with Crippen molar-refractivity contribution >= 4 is 5.91 Å². The third kappa shape index (κ3) is 4.02. The number of hydrogen-bond acceptors (Lipinski definition) is 2. The molecule has 2 aromatic carbocycles. The van der Waals surface area contributed by atoms with Gasteiger partial charge in [0, 0.05) is 0 Å². The normalized spacial score (nSPS) is 19.5. The first-order valence-corrected chi connectivity index (χ1v) is 10.4. The van der Waals surface area contributed by atoms with Crippen LogP contribution in [0.3, 0.4) is 0 Å². The van der Waals surface area contributed by atoms with Crippen LogP contribution in [0.5, 0.6) is 5.75 Å². The molecule has 0 saturated carbocycles. The number of fused-ring (bicyclic) bond motifs is 2. The first-order valence-electron chi connectivity index (χ1n) is 10.4. The largest absolute Gasteiger partial charge is 0.481 e. The lowest BCUT2D eigenvalue weighted by molar-refractivity contribution is -0.129. The van der Waals surface area contributed by atoms with Gasteiger partial charge in [-0.25, -0.2) is 0 Å². The number of carbonyl (C=O) groups is 1. The van der Waals surface area contributed by atoms with Crippen molar-refractivity contribution in [2.24, 2.45) is 0 Å². The number of amides is 1. The average Bonchev–Trinajstić information content (AvgIpc) is 2.72. The van der Waals surface area contributed by atoms with Gasteiger partial charge in [0.05, 0.1) is 6.04 Å². The standard InChI is InChI=1S/C24H29NO2/c1-2-23(27-20-15-14-17-8-3-4-10-19(17)16-20)24(26)25-22-13-7-11-18-9-5-6-12-21(18)22/h5-6,9,12,14-16,22-23H,2-4,7-8,10-11,13H2,1H3,(H,25,26)/t22-,23-/m1/s1. The van der Waals surface area contributed by atoms with E-state index < -0.39 is 6.10 Å². The van der Waals surface area contributed by atoms with Crippen molar-refractivity contribution in [3.8, 4) is 5.75 Å². The second-order valence-corrected chi connectivity index (χ2v) is 7.80. The second-order valence-electron chi connectivity index (χ2n) is 7.80. The molecule has 0 unspecified atom stereocenters. The first-order chi connectivity index (χ1) is 13.2. The molecular weight excluding hydrogens is 334 g/mol. The molecule has 2 aliphatic rings. The Morgan fingerprint density at radius 2 is 1.81 bits per heavy atom. The molecule has 1 N–H and O–H groups in total. The summed E-state index contributed by atoms with van der Waals surface area (Å²) in [5.41, 5.74) is 5.44. The maximum atomic E-state index is 12.9. The predicted octanol–water partition coefficient (Wildman–Crippen LogP) is 4.92. The van der Waals surface area contributed by atoms with Gasteiger partial charge in [-0.2, -0.15) is 0 Å². The molecule has 1 amide bonds. The van der Waals surface area contributed by atoms with E-state index >= 15 is 0 Å². The van der Waals surface area contributed by atoms with E-state index in [1.165, 1.54) is 35.1 Å². The summed E-state index contributed by atoms with van der Waals surface area (Å²) in [4.78, 5) is 12.9. The number of rotatable bonds is 5. The molecular formula is C24H29NO2. The minimum absolute atomic E-state index is 0.00285. The topological polar surface area (TPSA) is 38.3 Å². The molecule has 2 aromatic rings. The van der Waals surface area contributed by atoms with E-state index in [0.717, 1.165) is 37.9 Å². The molecule has 0 bridgehead atoms. The number of carbonyl (C=O) groups excluding carboxylic acids is 1. The fraction of sp³-hybridized carbons (Fsp3) is 0.458. The van der Waals surface area contributed by atoms with Gasteiger partial charge in [0.25, 0.3) is 5.91 Å². The van der Waals surface area contributed by atoms with Crippen LogP contribution >= 0.6 is 0 Å². The van der Waals surface area contributed by atoms with Gasteiger partial charge in [0.15, 0.2) is 6.10 Å². The summed E-state index contributed by atoms with van der Waals surface area (Å²) in [5.74, 6) is 0.818. The lowest BCUT2D eigenvalue weighted by atomic mass is 9.87. The molecule has 4 rings (SSSR count). The van der Waals surface area contributed by atoms with Crippen molar-refractivity contribution in [3.05, 3.63) is 64.7 Å². The molecule has 142 valence electrons. The van der Waals surface area contributed by atoms with Crippen LogP contribution in [0.1, 0.15) is 67.3 Å². The van der Waals surface area contributed by atoms with Crippen LogP contribution < -0.4 is 10.1 Å². The Hall–Kier alpha value is -2.29. The van der Waals surface area contributed by atoms with Gasteiger partial charge in [-0.1, -0.05) is 37.3 Å². The Labute approximate surface area is 162 Å². The van der Waals surface area contributed by atoms with E-state index in [9.17, 15) is 4.79 Å². The summed E-state index contributed by atoms with van der Waals surface area (Å²) in [6.45, 7) is 2.01. The first kappa shape index (κ1) is 18.1. The molecule has 0 saturated heterocycles. The van der Waals surface area contributed by atoms with Crippen LogP contribution in [-0.4, -0.2) is 12.0 Å². The highest BCUT2D eigenvalue weighted by Crippen LogP contribution is 2.30. The second kappa shape index (κ2) is 8.16. The van der Waals surface area contributed by atoms with Gasteiger partial charge in [0.2, 0.25) is 0 Å². The molecule has 0 radical (unpaired) electrons. The van der Waals surface area contributed by atoms with E-state index in [0.29, 0.717) is 6.42 Å². The average molecular weight is 364 g/mol. The highest BCUT2D eigenvalue weighted by molar-refractivity contribution is 5.81. The summed E-state index contributed by atoms with van der Waals surface area (Å²) >= 11 is 0. The van der Waals surface area contributed by atoms with Crippen molar-refractivity contribution in [2.75, 3.05) is 0 Å². The summed E-state index contributed by atoms with van der Waals surface area (Å²) in [6.07, 6.45) is 8.24. The molecule has 0 spiro atoms. The zero-order valence-corrected chi connectivity index (χ0v) is 16.2. The van der Waals surface area contributed by atoms with Gasteiger partial charge in [-0.05, 0) is 85.8 Å². The van der Waals surface area contributed by atoms with Crippen molar-refractivity contribution in [1.29, 1.82) is 0 Å². The van der Waals surface area contributed by atoms with E-state index in [1.54, 1.807) is 0 Å². The quantitative estimate of drug-likeness (QED) is 0.819. The summed E-state index contributed by atoms with van der Waals surface area (Å²) < 4.78 is 6.11. The van der Waals surface area contributed by atoms with E-state index in [1.807, 2.05) is 13.0 Å². The zero-order valence-electron chi connectivity index (χ0n) is 16.2. The van der Waals surface area contributed by atoms with Crippen LogP contribution in [0, 0.1) is 0 Å². The van der Waals surface area contributed by atoms with Crippen LogP contribution in [0.4, 0.5) is 0 Å². The van der Waals surface area contributed by atoms with Gasteiger partial charge < -0.3 is 10.1 Å². The number of hydrogen-bond donors (Lipinski definition) is 1. The van der Waals surface area contributed by atoms with E-state index in [2.05, 4.69) is 41.7 Å². The number of ether oxygens (including phenoxy) is 1. The predicted molar refractivity (Wildman–Crippen MR) is 108 cm³/mol. The van der Waals surface area contributed by atoms with Gasteiger partial charge >= 0.3 is 0 Å². The minimum atomic E-state index is -0.444. The van der Waals surface area contributed by atoms with Crippen molar-refractivity contribution in [2.45, 2.75) is 70.4 Å². The molecule has 3 heteroatoms. The number of nitrogens with one attached hydrogen (secondary N) is 1. The van der Waals surface area contributed by atoms with Crippen molar-refractivity contribution < 1.29 is 9.53 Å². The molecule has 27 heavy (non-hydrogen) atoms. The van der Waals surface area contributed by atoms with Gasteiger partial charge in [-0.15, -0.1) is 0 Å². The monoisotopic (exact) mass is 363 g/mol. The number of benzene rings is 2.